The summed E-state index contributed by atoms with van der Waals surface area (Å²) in [7, 11) is 0. The van der Waals surface area contributed by atoms with E-state index in [2.05, 4.69) is 5.10 Å². The maximum absolute atomic E-state index is 12.3. The smallest absolute Gasteiger partial charge is 0.274 e. The molecular weight excluding hydrogens is 264 g/mol. The fraction of sp³-hybridized carbons (Fsp3) is 0.176. The molecule has 106 valence electrons. The van der Waals surface area contributed by atoms with Crippen molar-refractivity contribution in [2.75, 3.05) is 6.61 Å². The molecule has 0 saturated heterocycles. The van der Waals surface area contributed by atoms with E-state index in [1.54, 1.807) is 6.20 Å². The van der Waals surface area contributed by atoms with Gasteiger partial charge in [-0.3, -0.25) is 4.79 Å². The first-order valence-corrected chi connectivity index (χ1v) is 6.97. The summed E-state index contributed by atoms with van der Waals surface area (Å²) in [5.74, 6) is 0.844. The zero-order valence-corrected chi connectivity index (χ0v) is 11.6. The van der Waals surface area contributed by atoms with Gasteiger partial charge >= 0.3 is 0 Å². The Morgan fingerprint density at radius 1 is 1.00 bits per heavy atom. The first kappa shape index (κ1) is 13.4. The normalized spacial score (nSPS) is 10.7. The first-order valence-electron chi connectivity index (χ1n) is 6.97. The average Bonchev–Trinajstić information content (AvgIpc) is 2.55. The zero-order valence-electron chi connectivity index (χ0n) is 11.6. The molecule has 3 rings (SSSR count). The van der Waals surface area contributed by atoms with E-state index in [1.165, 1.54) is 4.68 Å². The molecule has 0 bridgehead atoms. The maximum atomic E-state index is 12.3. The molecule has 0 spiro atoms. The summed E-state index contributed by atoms with van der Waals surface area (Å²) >= 11 is 0. The highest BCUT2D eigenvalue weighted by Gasteiger charge is 2.03. The molecule has 1 aromatic heterocycles. The molecule has 0 saturated carbocycles. The van der Waals surface area contributed by atoms with Crippen LogP contribution in [0.5, 0.6) is 5.75 Å². The van der Waals surface area contributed by atoms with Crippen LogP contribution in [0.4, 0.5) is 0 Å². The molecule has 3 aromatic rings. The van der Waals surface area contributed by atoms with E-state index >= 15 is 0 Å². The summed E-state index contributed by atoms with van der Waals surface area (Å²) in [6.07, 6.45) is 2.47. The van der Waals surface area contributed by atoms with Gasteiger partial charge in [0.1, 0.15) is 5.75 Å². The Labute approximate surface area is 122 Å². The average molecular weight is 280 g/mol. The van der Waals surface area contributed by atoms with E-state index in [-0.39, 0.29) is 5.56 Å². The molecule has 0 fully saturated rings. The van der Waals surface area contributed by atoms with Crippen LogP contribution in [0.3, 0.4) is 0 Å². The number of nitrogens with zero attached hydrogens (tertiary/aromatic N) is 2. The molecule has 0 unspecified atom stereocenters. The van der Waals surface area contributed by atoms with Crippen LogP contribution in [0.2, 0.25) is 0 Å². The van der Waals surface area contributed by atoms with Gasteiger partial charge in [-0.05, 0) is 18.2 Å². The molecule has 21 heavy (non-hydrogen) atoms. The van der Waals surface area contributed by atoms with Crippen molar-refractivity contribution in [1.82, 2.24) is 9.78 Å². The maximum Gasteiger partial charge on any atom is 0.274 e. The van der Waals surface area contributed by atoms with Gasteiger partial charge in [-0.2, -0.15) is 5.10 Å². The SMILES string of the molecule is O=c1c2ccccc2cnn1CCCOc1ccccc1. The Balaban J connectivity index is 1.63. The molecule has 2 aromatic carbocycles. The van der Waals surface area contributed by atoms with E-state index in [0.29, 0.717) is 18.5 Å². The van der Waals surface area contributed by atoms with Gasteiger partial charge in [0, 0.05) is 18.4 Å². The molecule has 0 atom stereocenters. The standard InChI is InChI=1S/C17H16N2O2/c20-17-16-10-5-4-7-14(16)13-18-19(17)11-6-12-21-15-8-2-1-3-9-15/h1-5,7-10,13H,6,11-12H2. The number of hydrogen-bond donors (Lipinski definition) is 0. The van der Waals surface area contributed by atoms with Crippen LogP contribution in [0.25, 0.3) is 10.8 Å². The molecule has 0 amide bonds. The summed E-state index contributed by atoms with van der Waals surface area (Å²) in [4.78, 5) is 12.3. The van der Waals surface area contributed by atoms with Crippen molar-refractivity contribution >= 4 is 10.8 Å². The highest BCUT2D eigenvalue weighted by Crippen LogP contribution is 2.09. The predicted molar refractivity (Wildman–Crippen MR) is 82.6 cm³/mol. The van der Waals surface area contributed by atoms with Crippen molar-refractivity contribution in [3.63, 3.8) is 0 Å². The van der Waals surface area contributed by atoms with Crippen molar-refractivity contribution in [3.8, 4) is 5.75 Å². The number of para-hydroxylation sites is 1. The quantitative estimate of drug-likeness (QED) is 0.675. The molecule has 0 radical (unpaired) electrons. The van der Waals surface area contributed by atoms with Crippen LogP contribution in [0.1, 0.15) is 6.42 Å². The second kappa shape index (κ2) is 6.22. The monoisotopic (exact) mass is 280 g/mol. The molecule has 0 aliphatic carbocycles. The van der Waals surface area contributed by atoms with Crippen LogP contribution in [0.15, 0.2) is 65.6 Å². The van der Waals surface area contributed by atoms with Crippen LogP contribution >= 0.6 is 0 Å². The molecule has 4 nitrogen and oxygen atoms in total. The summed E-state index contributed by atoms with van der Waals surface area (Å²) in [5, 5.41) is 5.78. The van der Waals surface area contributed by atoms with Crippen LogP contribution in [-0.2, 0) is 6.54 Å². The Bertz CT molecular complexity index is 781. The summed E-state index contributed by atoms with van der Waals surface area (Å²) < 4.78 is 7.11. The number of ether oxygens (including phenoxy) is 1. The van der Waals surface area contributed by atoms with Crippen LogP contribution in [-0.4, -0.2) is 16.4 Å². The fourth-order valence-corrected chi connectivity index (χ4v) is 2.21. The summed E-state index contributed by atoms with van der Waals surface area (Å²) in [6, 6.07) is 17.2. The number of rotatable bonds is 5. The van der Waals surface area contributed by atoms with Gasteiger partial charge in [0.15, 0.2) is 0 Å². The minimum Gasteiger partial charge on any atom is -0.494 e. The third-order valence-electron chi connectivity index (χ3n) is 3.29. The summed E-state index contributed by atoms with van der Waals surface area (Å²) in [6.45, 7) is 1.11. The lowest BCUT2D eigenvalue weighted by Gasteiger charge is -2.07. The van der Waals surface area contributed by atoms with Crippen molar-refractivity contribution < 1.29 is 4.74 Å². The lowest BCUT2D eigenvalue weighted by Crippen LogP contribution is -2.23. The van der Waals surface area contributed by atoms with Crippen LogP contribution < -0.4 is 10.3 Å². The number of hydrogen-bond acceptors (Lipinski definition) is 3. The topological polar surface area (TPSA) is 44.1 Å². The van der Waals surface area contributed by atoms with Crippen molar-refractivity contribution in [1.29, 1.82) is 0 Å². The Kier molecular flexibility index (Phi) is 3.96. The number of aryl methyl sites for hydroxylation is 1. The Morgan fingerprint density at radius 2 is 1.76 bits per heavy atom. The number of aromatic nitrogens is 2. The first-order chi connectivity index (χ1) is 10.3. The predicted octanol–water partition coefficient (Wildman–Crippen LogP) is 2.87. The van der Waals surface area contributed by atoms with E-state index in [4.69, 9.17) is 4.74 Å². The second-order valence-corrected chi connectivity index (χ2v) is 4.78. The zero-order chi connectivity index (χ0) is 14.5. The van der Waals surface area contributed by atoms with Crippen molar-refractivity contribution in [3.05, 3.63) is 71.1 Å². The lowest BCUT2D eigenvalue weighted by molar-refractivity contribution is 0.297. The molecule has 1 heterocycles. The molecule has 0 aliphatic rings. The van der Waals surface area contributed by atoms with Gasteiger partial charge < -0.3 is 4.74 Å². The molecule has 0 aliphatic heterocycles. The van der Waals surface area contributed by atoms with Crippen molar-refractivity contribution in [2.45, 2.75) is 13.0 Å². The van der Waals surface area contributed by atoms with E-state index in [9.17, 15) is 4.79 Å². The van der Waals surface area contributed by atoms with E-state index < -0.39 is 0 Å². The van der Waals surface area contributed by atoms with Gasteiger partial charge in [0.2, 0.25) is 0 Å². The second-order valence-electron chi connectivity index (χ2n) is 4.78. The fourth-order valence-electron chi connectivity index (χ4n) is 2.21. The van der Waals surface area contributed by atoms with Gasteiger partial charge in [-0.15, -0.1) is 0 Å². The summed E-state index contributed by atoms with van der Waals surface area (Å²) in [5.41, 5.74) is -0.0483. The minimum atomic E-state index is -0.0483. The van der Waals surface area contributed by atoms with Gasteiger partial charge in [0.25, 0.3) is 5.56 Å². The molecular formula is C17H16N2O2. The van der Waals surface area contributed by atoms with E-state index in [0.717, 1.165) is 17.6 Å². The van der Waals surface area contributed by atoms with E-state index in [1.807, 2.05) is 54.6 Å². The van der Waals surface area contributed by atoms with Crippen LogP contribution in [0, 0.1) is 0 Å². The third-order valence-corrected chi connectivity index (χ3v) is 3.29. The van der Waals surface area contributed by atoms with Gasteiger partial charge in [-0.25, -0.2) is 4.68 Å². The number of benzene rings is 2. The Hall–Kier alpha value is -2.62. The Morgan fingerprint density at radius 3 is 2.62 bits per heavy atom. The molecule has 0 N–H and O–H groups in total. The minimum absolute atomic E-state index is 0.0483. The van der Waals surface area contributed by atoms with Gasteiger partial charge in [0.05, 0.1) is 18.2 Å². The highest BCUT2D eigenvalue weighted by molar-refractivity contribution is 5.80. The highest BCUT2D eigenvalue weighted by atomic mass is 16.5. The lowest BCUT2D eigenvalue weighted by atomic mass is 10.2. The molecule has 4 heteroatoms. The largest absolute Gasteiger partial charge is 0.494 e. The van der Waals surface area contributed by atoms with Gasteiger partial charge in [-0.1, -0.05) is 36.4 Å². The van der Waals surface area contributed by atoms with Crippen molar-refractivity contribution in [2.24, 2.45) is 0 Å². The third kappa shape index (κ3) is 3.11. The number of fused-ring (bicyclic) bond motifs is 1.